The molecule has 2 N–H and O–H groups in total. The molecule has 0 saturated carbocycles. The van der Waals surface area contributed by atoms with Gasteiger partial charge >= 0.3 is 6.61 Å². The van der Waals surface area contributed by atoms with Gasteiger partial charge in [-0.1, -0.05) is 24.3 Å². The van der Waals surface area contributed by atoms with Gasteiger partial charge in [0, 0.05) is 37.9 Å². The highest BCUT2D eigenvalue weighted by Crippen LogP contribution is 2.20. The Morgan fingerprint density at radius 3 is 2.55 bits per heavy atom. The lowest BCUT2D eigenvalue weighted by atomic mass is 10.2. The van der Waals surface area contributed by atoms with Crippen molar-refractivity contribution in [2.45, 2.75) is 52.7 Å². The van der Waals surface area contributed by atoms with Gasteiger partial charge in [-0.05, 0) is 38.5 Å². The summed E-state index contributed by atoms with van der Waals surface area (Å²) >= 11 is 0. The molecule has 7 nitrogen and oxygen atoms in total. The summed E-state index contributed by atoms with van der Waals surface area (Å²) < 4.78 is 35.6. The maximum Gasteiger partial charge on any atom is 0.387 e. The standard InChI is InChI=1S/C23H31F2N5O2.HI/c1-4-26-23(29-13-19-7-5-6-8-20(19)32-22(24)25)28-12-18-9-10-21(27-11-18)30-14-16(2)31-17(3)15-30;/h5-11,16-17,22H,4,12-15H2,1-3H3,(H2,26,28,29);1H. The van der Waals surface area contributed by atoms with Gasteiger partial charge in [-0.2, -0.15) is 8.78 Å². The number of alkyl halides is 2. The number of nitrogens with zero attached hydrogens (tertiary/aromatic N) is 3. The summed E-state index contributed by atoms with van der Waals surface area (Å²) in [6, 6.07) is 10.7. The van der Waals surface area contributed by atoms with Crippen LogP contribution in [0.15, 0.2) is 47.6 Å². The second kappa shape index (κ2) is 13.5. The van der Waals surface area contributed by atoms with Crippen LogP contribution in [-0.4, -0.2) is 49.4 Å². The number of pyridine rings is 1. The van der Waals surface area contributed by atoms with Gasteiger partial charge in [0.25, 0.3) is 0 Å². The van der Waals surface area contributed by atoms with Crippen molar-refractivity contribution in [3.63, 3.8) is 0 Å². The zero-order chi connectivity index (χ0) is 22.9. The fourth-order valence-electron chi connectivity index (χ4n) is 3.61. The Hall–Kier alpha value is -2.21. The second-order valence-electron chi connectivity index (χ2n) is 7.72. The zero-order valence-corrected chi connectivity index (χ0v) is 21.5. The third-order valence-electron chi connectivity index (χ3n) is 4.95. The summed E-state index contributed by atoms with van der Waals surface area (Å²) in [6.45, 7) is 6.29. The third kappa shape index (κ3) is 8.58. The Bertz CT molecular complexity index is 875. The summed E-state index contributed by atoms with van der Waals surface area (Å²) in [5.74, 6) is 1.66. The minimum Gasteiger partial charge on any atom is -0.434 e. The first-order valence-corrected chi connectivity index (χ1v) is 10.8. The number of anilines is 1. The topological polar surface area (TPSA) is 71.0 Å². The number of benzene rings is 1. The number of aromatic nitrogens is 1. The predicted octanol–water partition coefficient (Wildman–Crippen LogP) is 4.17. The number of hydrogen-bond acceptors (Lipinski definition) is 5. The van der Waals surface area contributed by atoms with Gasteiger partial charge in [0.1, 0.15) is 11.6 Å². The zero-order valence-electron chi connectivity index (χ0n) is 19.1. The number of para-hydroxylation sites is 1. The van der Waals surface area contributed by atoms with Crippen molar-refractivity contribution in [2.24, 2.45) is 4.99 Å². The Kier molecular flexibility index (Phi) is 11.0. The van der Waals surface area contributed by atoms with E-state index in [-0.39, 0.29) is 41.9 Å². The summed E-state index contributed by atoms with van der Waals surface area (Å²) in [4.78, 5) is 11.4. The average molecular weight is 575 g/mol. The molecule has 2 atom stereocenters. The maximum absolute atomic E-state index is 12.6. The first-order valence-electron chi connectivity index (χ1n) is 10.8. The van der Waals surface area contributed by atoms with Gasteiger partial charge < -0.3 is 25.0 Å². The van der Waals surface area contributed by atoms with Crippen LogP contribution in [0.1, 0.15) is 31.9 Å². The number of hydrogen-bond donors (Lipinski definition) is 2. The van der Waals surface area contributed by atoms with Crippen molar-refractivity contribution in [2.75, 3.05) is 24.5 Å². The molecule has 3 rings (SSSR count). The number of morpholine rings is 1. The van der Waals surface area contributed by atoms with E-state index in [2.05, 4.69) is 44.1 Å². The highest BCUT2D eigenvalue weighted by molar-refractivity contribution is 14.0. The van der Waals surface area contributed by atoms with Crippen LogP contribution in [0.3, 0.4) is 0 Å². The predicted molar refractivity (Wildman–Crippen MR) is 137 cm³/mol. The minimum atomic E-state index is -2.86. The van der Waals surface area contributed by atoms with E-state index in [9.17, 15) is 8.78 Å². The van der Waals surface area contributed by atoms with Crippen LogP contribution in [0.2, 0.25) is 0 Å². The van der Waals surface area contributed by atoms with E-state index in [1.807, 2.05) is 25.3 Å². The fourth-order valence-corrected chi connectivity index (χ4v) is 3.61. The third-order valence-corrected chi connectivity index (χ3v) is 4.95. The Morgan fingerprint density at radius 1 is 1.18 bits per heavy atom. The van der Waals surface area contributed by atoms with Crippen molar-refractivity contribution < 1.29 is 18.3 Å². The molecule has 1 aromatic carbocycles. The van der Waals surface area contributed by atoms with Crippen LogP contribution in [0.25, 0.3) is 0 Å². The minimum absolute atomic E-state index is 0. The van der Waals surface area contributed by atoms with Crippen LogP contribution in [0.4, 0.5) is 14.6 Å². The maximum atomic E-state index is 12.6. The molecular weight excluding hydrogens is 543 g/mol. The molecule has 0 radical (unpaired) electrons. The highest BCUT2D eigenvalue weighted by atomic mass is 127. The molecule has 1 aromatic heterocycles. The number of rotatable bonds is 8. The van der Waals surface area contributed by atoms with Crippen LogP contribution in [-0.2, 0) is 17.8 Å². The SMILES string of the molecule is CCNC(=NCc1ccc(N2CC(C)OC(C)C2)nc1)NCc1ccccc1OC(F)F.I. The molecule has 0 amide bonds. The van der Waals surface area contributed by atoms with Crippen molar-refractivity contribution in [1.82, 2.24) is 15.6 Å². The van der Waals surface area contributed by atoms with Gasteiger partial charge in [0.2, 0.25) is 0 Å². The molecular formula is C23H32F2IN5O2. The van der Waals surface area contributed by atoms with Gasteiger partial charge in [-0.15, -0.1) is 24.0 Å². The molecule has 0 aliphatic carbocycles. The highest BCUT2D eigenvalue weighted by Gasteiger charge is 2.22. The van der Waals surface area contributed by atoms with E-state index in [1.165, 1.54) is 6.07 Å². The Balaban J connectivity index is 0.00000385. The van der Waals surface area contributed by atoms with Crippen molar-refractivity contribution >= 4 is 35.8 Å². The second-order valence-corrected chi connectivity index (χ2v) is 7.72. The average Bonchev–Trinajstić information content (AvgIpc) is 2.76. The lowest BCUT2D eigenvalue weighted by Gasteiger charge is -2.36. The smallest absolute Gasteiger partial charge is 0.387 e. The largest absolute Gasteiger partial charge is 0.434 e. The normalized spacial score (nSPS) is 18.6. The Labute approximate surface area is 211 Å². The van der Waals surface area contributed by atoms with Crippen molar-refractivity contribution in [3.05, 3.63) is 53.7 Å². The van der Waals surface area contributed by atoms with E-state index in [0.29, 0.717) is 31.2 Å². The molecule has 10 heteroatoms. The molecule has 2 unspecified atom stereocenters. The van der Waals surface area contributed by atoms with Gasteiger partial charge in [0.05, 0.1) is 18.8 Å². The number of guanidine groups is 1. The van der Waals surface area contributed by atoms with E-state index in [1.54, 1.807) is 18.2 Å². The summed E-state index contributed by atoms with van der Waals surface area (Å²) in [5, 5.41) is 6.33. The van der Waals surface area contributed by atoms with Crippen LogP contribution in [0.5, 0.6) is 5.75 Å². The number of halogens is 3. The molecule has 0 bridgehead atoms. The molecule has 2 aromatic rings. The first kappa shape index (κ1) is 27.0. The van der Waals surface area contributed by atoms with E-state index in [0.717, 1.165) is 24.5 Å². The van der Waals surface area contributed by atoms with Gasteiger partial charge in [-0.3, -0.25) is 0 Å². The summed E-state index contributed by atoms with van der Waals surface area (Å²) in [7, 11) is 0. The fraction of sp³-hybridized carbons (Fsp3) is 0.478. The lowest BCUT2D eigenvalue weighted by molar-refractivity contribution is -0.0504. The molecule has 0 spiro atoms. The van der Waals surface area contributed by atoms with E-state index < -0.39 is 6.61 Å². The van der Waals surface area contributed by atoms with Crippen molar-refractivity contribution in [1.29, 1.82) is 0 Å². The molecule has 1 saturated heterocycles. The van der Waals surface area contributed by atoms with E-state index in [4.69, 9.17) is 4.74 Å². The van der Waals surface area contributed by atoms with E-state index >= 15 is 0 Å². The van der Waals surface area contributed by atoms with Crippen LogP contribution >= 0.6 is 24.0 Å². The summed E-state index contributed by atoms with van der Waals surface area (Å²) in [5.41, 5.74) is 1.60. The molecule has 1 aliphatic rings. The summed E-state index contributed by atoms with van der Waals surface area (Å²) in [6.07, 6.45) is 2.18. The van der Waals surface area contributed by atoms with Gasteiger partial charge in [-0.25, -0.2) is 9.98 Å². The van der Waals surface area contributed by atoms with Gasteiger partial charge in [0.15, 0.2) is 5.96 Å². The molecule has 2 heterocycles. The lowest BCUT2D eigenvalue weighted by Crippen LogP contribution is -2.45. The van der Waals surface area contributed by atoms with Crippen LogP contribution < -0.4 is 20.3 Å². The molecule has 1 aliphatic heterocycles. The molecule has 33 heavy (non-hydrogen) atoms. The molecule has 1 fully saturated rings. The monoisotopic (exact) mass is 575 g/mol. The Morgan fingerprint density at radius 2 is 1.91 bits per heavy atom. The molecule has 182 valence electrons. The first-order chi connectivity index (χ1) is 15.4. The quantitative estimate of drug-likeness (QED) is 0.280. The number of ether oxygens (including phenoxy) is 2. The number of nitrogens with one attached hydrogen (secondary N) is 2. The van der Waals surface area contributed by atoms with Crippen molar-refractivity contribution in [3.8, 4) is 5.75 Å². The number of aliphatic imine (C=N–C) groups is 1. The van der Waals surface area contributed by atoms with Crippen LogP contribution in [0, 0.1) is 0 Å².